The summed E-state index contributed by atoms with van der Waals surface area (Å²) in [6, 6.07) is 0. The van der Waals surface area contributed by atoms with Crippen molar-refractivity contribution in [3.05, 3.63) is 0 Å². The third-order valence-corrected chi connectivity index (χ3v) is 1.79. The zero-order valence-corrected chi connectivity index (χ0v) is 5.69. The van der Waals surface area contributed by atoms with Crippen molar-refractivity contribution in [1.29, 1.82) is 0 Å². The highest BCUT2D eigenvalue weighted by molar-refractivity contribution is 4.83. The number of rotatable bonds is 0. The second-order valence-corrected chi connectivity index (χ2v) is 2.57. The van der Waals surface area contributed by atoms with Gasteiger partial charge in [-0.1, -0.05) is 0 Å². The molecule has 0 saturated carbocycles. The second kappa shape index (κ2) is 2.17. The maximum absolute atomic E-state index is 9.09. The Balaban J connectivity index is 2.05. The monoisotopic (exact) mass is 146 g/mol. The maximum Gasteiger partial charge on any atom is 0.184 e. The van der Waals surface area contributed by atoms with Crippen molar-refractivity contribution in [3.8, 4) is 0 Å². The van der Waals surface area contributed by atoms with E-state index >= 15 is 0 Å². The van der Waals surface area contributed by atoms with Gasteiger partial charge < -0.3 is 19.3 Å². The van der Waals surface area contributed by atoms with Crippen molar-refractivity contribution in [1.82, 2.24) is 0 Å². The molecule has 0 aromatic carbocycles. The van der Waals surface area contributed by atoms with E-state index in [0.717, 1.165) is 0 Å². The molecule has 0 amide bonds. The first-order chi connectivity index (χ1) is 4.77. The van der Waals surface area contributed by atoms with Gasteiger partial charge in [0.05, 0.1) is 6.61 Å². The predicted molar refractivity (Wildman–Crippen MR) is 31.2 cm³/mol. The number of hydrogen-bond acceptors (Lipinski definition) is 4. The van der Waals surface area contributed by atoms with Crippen LogP contribution in [0.15, 0.2) is 0 Å². The molecular weight excluding hydrogens is 136 g/mol. The van der Waals surface area contributed by atoms with Crippen LogP contribution >= 0.6 is 0 Å². The first kappa shape index (κ1) is 6.54. The minimum absolute atomic E-state index is 0.0648. The first-order valence-electron chi connectivity index (χ1n) is 3.38. The van der Waals surface area contributed by atoms with Crippen LogP contribution in [-0.4, -0.2) is 36.5 Å². The molecule has 2 rings (SSSR count). The molecule has 0 aromatic heterocycles. The van der Waals surface area contributed by atoms with Crippen LogP contribution < -0.4 is 0 Å². The molecule has 0 aliphatic carbocycles. The minimum Gasteiger partial charge on any atom is -0.366 e. The Morgan fingerprint density at radius 1 is 1.40 bits per heavy atom. The van der Waals surface area contributed by atoms with Crippen LogP contribution in [0.1, 0.15) is 6.92 Å². The number of aliphatic hydroxyl groups is 1. The molecule has 0 unspecified atom stereocenters. The molecular formula is C6H10O4. The fourth-order valence-electron chi connectivity index (χ4n) is 1.34. The third-order valence-electron chi connectivity index (χ3n) is 1.79. The lowest BCUT2D eigenvalue weighted by Gasteiger charge is -2.09. The van der Waals surface area contributed by atoms with E-state index in [1.165, 1.54) is 0 Å². The highest BCUT2D eigenvalue weighted by atomic mass is 16.8. The van der Waals surface area contributed by atoms with Crippen molar-refractivity contribution < 1.29 is 19.3 Å². The molecule has 2 heterocycles. The quantitative estimate of drug-likeness (QED) is 0.499. The fourth-order valence-corrected chi connectivity index (χ4v) is 1.34. The predicted octanol–water partition coefficient (Wildman–Crippen LogP) is -0.535. The topological polar surface area (TPSA) is 47.9 Å². The molecule has 0 bridgehead atoms. The van der Waals surface area contributed by atoms with Gasteiger partial charge in [-0.25, -0.2) is 0 Å². The van der Waals surface area contributed by atoms with E-state index in [2.05, 4.69) is 0 Å². The van der Waals surface area contributed by atoms with Crippen LogP contribution in [0.3, 0.4) is 0 Å². The Hall–Kier alpha value is -0.160. The SMILES string of the molecule is C[C@@H]1O[C@H]2[C@H](O)OC[C@H]2O1. The number of fused-ring (bicyclic) bond motifs is 1. The Bertz CT molecular complexity index is 138. The lowest BCUT2D eigenvalue weighted by atomic mass is 10.2. The summed E-state index contributed by atoms with van der Waals surface area (Å²) in [4.78, 5) is 0. The van der Waals surface area contributed by atoms with Gasteiger partial charge in [0.1, 0.15) is 12.2 Å². The smallest absolute Gasteiger partial charge is 0.184 e. The van der Waals surface area contributed by atoms with Gasteiger partial charge in [0, 0.05) is 0 Å². The molecule has 2 saturated heterocycles. The van der Waals surface area contributed by atoms with Gasteiger partial charge in [-0.05, 0) is 6.92 Å². The summed E-state index contributed by atoms with van der Waals surface area (Å²) < 4.78 is 15.3. The van der Waals surface area contributed by atoms with Crippen LogP contribution in [0, 0.1) is 0 Å². The Morgan fingerprint density at radius 2 is 2.20 bits per heavy atom. The lowest BCUT2D eigenvalue weighted by molar-refractivity contribution is -0.158. The van der Waals surface area contributed by atoms with Gasteiger partial charge in [0.15, 0.2) is 12.6 Å². The van der Waals surface area contributed by atoms with Crippen molar-refractivity contribution in [2.24, 2.45) is 0 Å². The zero-order chi connectivity index (χ0) is 7.14. The summed E-state index contributed by atoms with van der Waals surface area (Å²) >= 11 is 0. The molecule has 2 fully saturated rings. The molecule has 10 heavy (non-hydrogen) atoms. The van der Waals surface area contributed by atoms with Crippen molar-refractivity contribution in [2.75, 3.05) is 6.61 Å². The Labute approximate surface area is 58.7 Å². The standard InChI is InChI=1S/C6H10O4/c1-3-9-4-2-8-6(7)5(4)10-3/h3-7H,2H2,1H3/t3-,4+,5+,6+/m0/s1. The van der Waals surface area contributed by atoms with Gasteiger partial charge in [-0.15, -0.1) is 0 Å². The first-order valence-corrected chi connectivity index (χ1v) is 3.38. The minimum atomic E-state index is -0.796. The molecule has 58 valence electrons. The lowest BCUT2D eigenvalue weighted by Crippen LogP contribution is -2.26. The van der Waals surface area contributed by atoms with E-state index in [9.17, 15) is 0 Å². The summed E-state index contributed by atoms with van der Waals surface area (Å²) in [6.07, 6.45) is -1.33. The van der Waals surface area contributed by atoms with Crippen molar-refractivity contribution >= 4 is 0 Å². The van der Waals surface area contributed by atoms with Crippen LogP contribution in [0.5, 0.6) is 0 Å². The van der Waals surface area contributed by atoms with E-state index < -0.39 is 6.29 Å². The van der Waals surface area contributed by atoms with E-state index in [1.807, 2.05) is 6.92 Å². The molecule has 4 nitrogen and oxygen atoms in total. The van der Waals surface area contributed by atoms with E-state index in [0.29, 0.717) is 6.61 Å². The summed E-state index contributed by atoms with van der Waals surface area (Å²) in [7, 11) is 0. The highest BCUT2D eigenvalue weighted by Gasteiger charge is 2.44. The number of aliphatic hydroxyl groups excluding tert-OH is 1. The summed E-state index contributed by atoms with van der Waals surface area (Å²) in [6.45, 7) is 2.25. The normalized spacial score (nSPS) is 53.4. The van der Waals surface area contributed by atoms with Crippen molar-refractivity contribution in [3.63, 3.8) is 0 Å². The molecule has 1 N–H and O–H groups in total. The van der Waals surface area contributed by atoms with Gasteiger partial charge in [-0.3, -0.25) is 0 Å². The summed E-state index contributed by atoms with van der Waals surface area (Å²) in [5.74, 6) is 0. The Morgan fingerprint density at radius 3 is 2.90 bits per heavy atom. The third kappa shape index (κ3) is 0.845. The fraction of sp³-hybridized carbons (Fsp3) is 1.00. The van der Waals surface area contributed by atoms with Gasteiger partial charge in [-0.2, -0.15) is 0 Å². The molecule has 0 radical (unpaired) electrons. The van der Waals surface area contributed by atoms with Crippen molar-refractivity contribution in [2.45, 2.75) is 31.7 Å². The average Bonchev–Trinajstić information content (AvgIpc) is 2.35. The van der Waals surface area contributed by atoms with Crippen LogP contribution in [0.4, 0.5) is 0 Å². The largest absolute Gasteiger partial charge is 0.366 e. The Kier molecular flexibility index (Phi) is 1.42. The molecule has 4 atom stereocenters. The maximum atomic E-state index is 9.09. The van der Waals surface area contributed by atoms with Gasteiger partial charge in [0.25, 0.3) is 0 Å². The van der Waals surface area contributed by atoms with E-state index in [-0.39, 0.29) is 18.5 Å². The summed E-state index contributed by atoms with van der Waals surface area (Å²) in [5.41, 5.74) is 0. The average molecular weight is 146 g/mol. The number of hydrogen-bond donors (Lipinski definition) is 1. The van der Waals surface area contributed by atoms with E-state index in [4.69, 9.17) is 19.3 Å². The zero-order valence-electron chi connectivity index (χ0n) is 5.69. The molecule has 4 heteroatoms. The van der Waals surface area contributed by atoms with Gasteiger partial charge >= 0.3 is 0 Å². The summed E-state index contributed by atoms with van der Waals surface area (Å²) in [5, 5.41) is 9.09. The number of ether oxygens (including phenoxy) is 3. The molecule has 0 spiro atoms. The van der Waals surface area contributed by atoms with Crippen LogP contribution in [0.2, 0.25) is 0 Å². The van der Waals surface area contributed by atoms with Crippen LogP contribution in [0.25, 0.3) is 0 Å². The van der Waals surface area contributed by atoms with E-state index in [1.54, 1.807) is 0 Å². The van der Waals surface area contributed by atoms with Gasteiger partial charge in [0.2, 0.25) is 0 Å². The highest BCUT2D eigenvalue weighted by Crippen LogP contribution is 2.27. The molecule has 0 aromatic rings. The molecule has 2 aliphatic rings. The van der Waals surface area contributed by atoms with Crippen LogP contribution in [-0.2, 0) is 14.2 Å². The molecule has 2 aliphatic heterocycles. The second-order valence-electron chi connectivity index (χ2n) is 2.57.